The number of aryl methyl sites for hydroxylation is 1. The van der Waals surface area contributed by atoms with Crippen LogP contribution in [-0.4, -0.2) is 46.1 Å². The van der Waals surface area contributed by atoms with Crippen molar-refractivity contribution >= 4 is 22.8 Å². The van der Waals surface area contributed by atoms with Crippen molar-refractivity contribution in [3.8, 4) is 22.8 Å². The Kier molecular flexibility index (Phi) is 8.70. The molecule has 0 radical (unpaired) electrons. The lowest BCUT2D eigenvalue weighted by atomic mass is 9.92. The summed E-state index contributed by atoms with van der Waals surface area (Å²) in [5.41, 5.74) is 6.06. The fraction of sp³-hybridized carbons (Fsp3) is 0.263. The van der Waals surface area contributed by atoms with Crippen LogP contribution in [0.25, 0.3) is 22.0 Å². The molecule has 46 heavy (non-hydrogen) atoms. The number of aromatic nitrogens is 2. The topological polar surface area (TPSA) is 93.6 Å². The van der Waals surface area contributed by atoms with E-state index < -0.39 is 11.6 Å². The second kappa shape index (κ2) is 13.0. The lowest BCUT2D eigenvalue weighted by Crippen LogP contribution is -2.41. The number of hydrogen-bond donors (Lipinski definition) is 1. The van der Waals surface area contributed by atoms with Gasteiger partial charge in [0, 0.05) is 36.0 Å². The van der Waals surface area contributed by atoms with E-state index in [1.54, 1.807) is 25.3 Å². The SMILES string of the molecule is Cc1cccc2c(-c3cccc(OCCCN4C(=O)NC(C)(c5ccc(OC(C)C)nc5)C4=O)c3)c(Cc3ccccc3)cnc12. The number of hydrogen-bond acceptors (Lipinski definition) is 6. The Balaban J connectivity index is 1.15. The second-order valence-corrected chi connectivity index (χ2v) is 12.1. The number of benzene rings is 3. The Morgan fingerprint density at radius 2 is 1.72 bits per heavy atom. The molecule has 0 bridgehead atoms. The van der Waals surface area contributed by atoms with E-state index in [0.29, 0.717) is 24.5 Å². The summed E-state index contributed by atoms with van der Waals surface area (Å²) in [4.78, 5) is 36.6. The van der Waals surface area contributed by atoms with Crippen LogP contribution in [0.4, 0.5) is 4.79 Å². The highest BCUT2D eigenvalue weighted by atomic mass is 16.5. The van der Waals surface area contributed by atoms with Gasteiger partial charge in [0.15, 0.2) is 0 Å². The number of nitrogens with zero attached hydrogens (tertiary/aromatic N) is 3. The van der Waals surface area contributed by atoms with Gasteiger partial charge < -0.3 is 14.8 Å². The van der Waals surface area contributed by atoms with Gasteiger partial charge in [-0.15, -0.1) is 0 Å². The first kappa shape index (κ1) is 30.8. The number of urea groups is 1. The van der Waals surface area contributed by atoms with Gasteiger partial charge in [0.05, 0.1) is 18.2 Å². The van der Waals surface area contributed by atoms with Crippen molar-refractivity contribution in [3.05, 3.63) is 120 Å². The molecular formula is C38H38N4O4. The largest absolute Gasteiger partial charge is 0.494 e. The van der Waals surface area contributed by atoms with Gasteiger partial charge in [-0.25, -0.2) is 9.78 Å². The van der Waals surface area contributed by atoms with Crippen molar-refractivity contribution in [2.45, 2.75) is 52.2 Å². The Labute approximate surface area is 269 Å². The Bertz CT molecular complexity index is 1870. The minimum Gasteiger partial charge on any atom is -0.494 e. The summed E-state index contributed by atoms with van der Waals surface area (Å²) in [6, 6.07) is 27.8. The van der Waals surface area contributed by atoms with E-state index in [9.17, 15) is 9.59 Å². The van der Waals surface area contributed by atoms with E-state index in [1.165, 1.54) is 10.5 Å². The first-order valence-electron chi connectivity index (χ1n) is 15.6. The number of rotatable bonds is 11. The molecule has 3 amide bonds. The molecule has 1 N–H and O–H groups in total. The molecule has 1 fully saturated rings. The van der Waals surface area contributed by atoms with Crippen molar-refractivity contribution in [2.75, 3.05) is 13.2 Å². The minimum atomic E-state index is -1.20. The number of ether oxygens (including phenoxy) is 2. The van der Waals surface area contributed by atoms with Crippen LogP contribution in [0.15, 0.2) is 97.3 Å². The quantitative estimate of drug-likeness (QED) is 0.125. The molecule has 3 aromatic carbocycles. The third-order valence-electron chi connectivity index (χ3n) is 8.28. The molecule has 1 saturated heterocycles. The van der Waals surface area contributed by atoms with Gasteiger partial charge in [-0.3, -0.25) is 14.7 Å². The molecule has 8 nitrogen and oxygen atoms in total. The number of carbonyl (C=O) groups is 2. The zero-order valence-electron chi connectivity index (χ0n) is 26.6. The highest BCUT2D eigenvalue weighted by Crippen LogP contribution is 2.35. The van der Waals surface area contributed by atoms with Gasteiger partial charge in [-0.05, 0) is 86.6 Å². The molecule has 6 rings (SSSR count). The molecule has 1 aliphatic rings. The third kappa shape index (κ3) is 6.29. The summed E-state index contributed by atoms with van der Waals surface area (Å²) in [6.45, 7) is 8.19. The zero-order chi connectivity index (χ0) is 32.3. The van der Waals surface area contributed by atoms with Crippen LogP contribution in [0.5, 0.6) is 11.6 Å². The molecule has 5 aromatic rings. The van der Waals surface area contributed by atoms with Gasteiger partial charge >= 0.3 is 6.03 Å². The smallest absolute Gasteiger partial charge is 0.325 e. The van der Waals surface area contributed by atoms with Crippen molar-refractivity contribution in [1.82, 2.24) is 20.2 Å². The van der Waals surface area contributed by atoms with Crippen molar-refractivity contribution in [3.63, 3.8) is 0 Å². The van der Waals surface area contributed by atoms with Gasteiger partial charge in [0.1, 0.15) is 11.3 Å². The summed E-state index contributed by atoms with van der Waals surface area (Å²) >= 11 is 0. The summed E-state index contributed by atoms with van der Waals surface area (Å²) in [6.07, 6.45) is 4.79. The second-order valence-electron chi connectivity index (χ2n) is 12.1. The van der Waals surface area contributed by atoms with Gasteiger partial charge in [0.25, 0.3) is 5.91 Å². The molecule has 0 aliphatic carbocycles. The minimum absolute atomic E-state index is 0.0150. The third-order valence-corrected chi connectivity index (χ3v) is 8.28. The predicted octanol–water partition coefficient (Wildman–Crippen LogP) is 7.22. The summed E-state index contributed by atoms with van der Waals surface area (Å²) in [5.74, 6) is 0.874. The maximum atomic E-state index is 13.4. The lowest BCUT2D eigenvalue weighted by molar-refractivity contribution is -0.131. The molecule has 1 unspecified atom stereocenters. The number of amides is 3. The zero-order valence-corrected chi connectivity index (χ0v) is 26.6. The monoisotopic (exact) mass is 614 g/mol. The average Bonchev–Trinajstić information content (AvgIpc) is 3.27. The van der Waals surface area contributed by atoms with Crippen LogP contribution in [0.2, 0.25) is 0 Å². The molecule has 8 heteroatoms. The van der Waals surface area contributed by atoms with Gasteiger partial charge in [-0.2, -0.15) is 0 Å². The fourth-order valence-corrected chi connectivity index (χ4v) is 5.94. The number of para-hydroxylation sites is 1. The molecule has 234 valence electrons. The van der Waals surface area contributed by atoms with Crippen LogP contribution in [0, 0.1) is 6.92 Å². The van der Waals surface area contributed by atoms with E-state index in [1.807, 2.05) is 38.2 Å². The first-order chi connectivity index (χ1) is 22.2. The summed E-state index contributed by atoms with van der Waals surface area (Å²) in [5, 5.41) is 3.94. The maximum Gasteiger partial charge on any atom is 0.325 e. The summed E-state index contributed by atoms with van der Waals surface area (Å²) < 4.78 is 11.8. The van der Waals surface area contributed by atoms with E-state index in [2.05, 4.69) is 71.8 Å². The lowest BCUT2D eigenvalue weighted by Gasteiger charge is -2.22. The highest BCUT2D eigenvalue weighted by Gasteiger charge is 2.48. The van der Waals surface area contributed by atoms with Crippen molar-refractivity contribution in [1.29, 1.82) is 0 Å². The molecule has 1 aliphatic heterocycles. The van der Waals surface area contributed by atoms with E-state index in [0.717, 1.165) is 45.3 Å². The average molecular weight is 615 g/mol. The van der Waals surface area contributed by atoms with Crippen molar-refractivity contribution < 1.29 is 19.1 Å². The first-order valence-corrected chi connectivity index (χ1v) is 15.6. The molecule has 1 atom stereocenters. The molecule has 0 spiro atoms. The van der Waals surface area contributed by atoms with Gasteiger partial charge in [-0.1, -0.05) is 60.7 Å². The molecule has 2 aromatic heterocycles. The highest BCUT2D eigenvalue weighted by molar-refractivity contribution is 6.07. The maximum absolute atomic E-state index is 13.4. The fourth-order valence-electron chi connectivity index (χ4n) is 5.94. The molecule has 0 saturated carbocycles. The molecular weight excluding hydrogens is 576 g/mol. The Morgan fingerprint density at radius 3 is 2.48 bits per heavy atom. The van der Waals surface area contributed by atoms with Crippen LogP contribution >= 0.6 is 0 Å². The summed E-state index contributed by atoms with van der Waals surface area (Å²) in [7, 11) is 0. The molecule has 3 heterocycles. The van der Waals surface area contributed by atoms with Crippen LogP contribution in [0.3, 0.4) is 0 Å². The van der Waals surface area contributed by atoms with Crippen LogP contribution < -0.4 is 14.8 Å². The number of imide groups is 1. The van der Waals surface area contributed by atoms with Gasteiger partial charge in [0.2, 0.25) is 5.88 Å². The van der Waals surface area contributed by atoms with Crippen molar-refractivity contribution in [2.24, 2.45) is 0 Å². The number of nitrogens with one attached hydrogen (secondary N) is 1. The van der Waals surface area contributed by atoms with Crippen LogP contribution in [0.1, 0.15) is 49.4 Å². The van der Waals surface area contributed by atoms with E-state index in [-0.39, 0.29) is 18.6 Å². The number of fused-ring (bicyclic) bond motifs is 1. The van der Waals surface area contributed by atoms with E-state index in [4.69, 9.17) is 14.5 Å². The predicted molar refractivity (Wildman–Crippen MR) is 179 cm³/mol. The standard InChI is InChI=1S/C38H38N4O4/c1-25(2)46-33-18-17-30(24-39-33)38(4)36(43)42(37(44)41-38)19-10-20-45-31-15-9-14-28(22-31)34-29(21-27-12-6-5-7-13-27)23-40-35-26(3)11-8-16-32(34)35/h5-9,11-18,22-25H,10,19-21H2,1-4H3,(H,41,44). The normalized spacial score (nSPS) is 16.2. The Morgan fingerprint density at radius 1 is 0.913 bits per heavy atom. The van der Waals surface area contributed by atoms with Crippen LogP contribution in [-0.2, 0) is 16.8 Å². The number of pyridine rings is 2. The Hall–Kier alpha value is -5.24. The number of carbonyl (C=O) groups excluding carboxylic acids is 2. The van der Waals surface area contributed by atoms with E-state index >= 15 is 0 Å².